The predicted molar refractivity (Wildman–Crippen MR) is 83.1 cm³/mol. The number of hydrogen-bond donors (Lipinski definition) is 0. The normalized spacial score (nSPS) is 24.3. The highest BCUT2D eigenvalue weighted by atomic mass is 14.5. The van der Waals surface area contributed by atoms with Crippen molar-refractivity contribution in [3.63, 3.8) is 0 Å². The van der Waals surface area contributed by atoms with Gasteiger partial charge in [-0.15, -0.1) is 0 Å². The number of benzene rings is 1. The fourth-order valence-corrected chi connectivity index (χ4v) is 4.16. The maximum absolute atomic E-state index is 4.05. The molecule has 0 heterocycles. The van der Waals surface area contributed by atoms with E-state index in [4.69, 9.17) is 0 Å². The van der Waals surface area contributed by atoms with Crippen LogP contribution < -0.4 is 0 Å². The van der Waals surface area contributed by atoms with Crippen LogP contribution in [0, 0.1) is 5.92 Å². The molecular weight excluding hydrogens is 228 g/mol. The lowest BCUT2D eigenvalue weighted by Gasteiger charge is -2.32. The van der Waals surface area contributed by atoms with E-state index in [1.165, 1.54) is 27.8 Å². The van der Waals surface area contributed by atoms with Gasteiger partial charge >= 0.3 is 0 Å². The Morgan fingerprint density at radius 2 is 1.95 bits per heavy atom. The van der Waals surface area contributed by atoms with Crippen LogP contribution in [0.25, 0.3) is 5.57 Å². The van der Waals surface area contributed by atoms with Crippen molar-refractivity contribution in [3.8, 4) is 0 Å². The first-order valence-electron chi connectivity index (χ1n) is 7.15. The summed E-state index contributed by atoms with van der Waals surface area (Å²) >= 11 is 0. The average Bonchev–Trinajstić information content (AvgIpc) is 2.60. The Morgan fingerprint density at radius 3 is 2.63 bits per heavy atom. The molecule has 1 aromatic carbocycles. The standard InChI is InChI=1S/C19H22/c1-6-14-12(2)11-13(3)18-17(14)15-9-7-8-10-16(15)19(18,4)5/h6-10,13H,1,11H2,2-5H3. The third kappa shape index (κ3) is 1.52. The van der Waals surface area contributed by atoms with E-state index in [0.29, 0.717) is 5.92 Å². The molecule has 0 radical (unpaired) electrons. The molecule has 1 unspecified atom stereocenters. The van der Waals surface area contributed by atoms with Crippen molar-refractivity contribution in [1.82, 2.24) is 0 Å². The summed E-state index contributed by atoms with van der Waals surface area (Å²) in [5.41, 5.74) is 8.96. The molecule has 0 amide bonds. The van der Waals surface area contributed by atoms with Crippen LogP contribution in [0.15, 0.2) is 53.6 Å². The van der Waals surface area contributed by atoms with Crippen molar-refractivity contribution in [2.24, 2.45) is 5.92 Å². The minimum Gasteiger partial charge on any atom is -0.0984 e. The number of hydrogen-bond acceptors (Lipinski definition) is 0. The van der Waals surface area contributed by atoms with Gasteiger partial charge in [-0.05, 0) is 47.1 Å². The quantitative estimate of drug-likeness (QED) is 0.636. The van der Waals surface area contributed by atoms with Crippen molar-refractivity contribution in [2.45, 2.75) is 39.5 Å². The second kappa shape index (κ2) is 3.96. The fourth-order valence-electron chi connectivity index (χ4n) is 4.16. The molecule has 0 heteroatoms. The van der Waals surface area contributed by atoms with Crippen LogP contribution in [0.3, 0.4) is 0 Å². The molecule has 0 nitrogen and oxygen atoms in total. The monoisotopic (exact) mass is 250 g/mol. The molecule has 98 valence electrons. The lowest BCUT2D eigenvalue weighted by molar-refractivity contribution is 0.521. The first kappa shape index (κ1) is 12.5. The summed E-state index contributed by atoms with van der Waals surface area (Å²) in [6.45, 7) is 13.4. The summed E-state index contributed by atoms with van der Waals surface area (Å²) in [5.74, 6) is 0.626. The van der Waals surface area contributed by atoms with Crippen molar-refractivity contribution in [1.29, 1.82) is 0 Å². The SMILES string of the molecule is C=CC1=C(C)CC(C)C2=C1c1ccccc1C2(C)C. The van der Waals surface area contributed by atoms with Crippen LogP contribution in [-0.4, -0.2) is 0 Å². The molecule has 2 aliphatic carbocycles. The Balaban J connectivity index is 2.37. The molecule has 0 N–H and O–H groups in total. The van der Waals surface area contributed by atoms with Gasteiger partial charge in [0.1, 0.15) is 0 Å². The molecule has 0 fully saturated rings. The van der Waals surface area contributed by atoms with Gasteiger partial charge in [-0.25, -0.2) is 0 Å². The Labute approximate surface area is 116 Å². The van der Waals surface area contributed by atoms with E-state index in [1.54, 1.807) is 5.57 Å². The van der Waals surface area contributed by atoms with Crippen molar-refractivity contribution >= 4 is 5.57 Å². The zero-order chi connectivity index (χ0) is 13.8. The summed E-state index contributed by atoms with van der Waals surface area (Å²) in [7, 11) is 0. The maximum atomic E-state index is 4.05. The number of allylic oxidation sites excluding steroid dienone is 5. The van der Waals surface area contributed by atoms with E-state index in [1.807, 2.05) is 0 Å². The highest BCUT2D eigenvalue weighted by Crippen LogP contribution is 2.55. The van der Waals surface area contributed by atoms with Crippen LogP contribution >= 0.6 is 0 Å². The Bertz CT molecular complexity index is 623. The van der Waals surface area contributed by atoms with Crippen molar-refractivity contribution in [2.75, 3.05) is 0 Å². The van der Waals surface area contributed by atoms with Crippen LogP contribution in [0.2, 0.25) is 0 Å². The average molecular weight is 250 g/mol. The van der Waals surface area contributed by atoms with Gasteiger partial charge in [0.25, 0.3) is 0 Å². The van der Waals surface area contributed by atoms with Crippen molar-refractivity contribution < 1.29 is 0 Å². The van der Waals surface area contributed by atoms with E-state index in [-0.39, 0.29) is 5.41 Å². The van der Waals surface area contributed by atoms with E-state index in [0.717, 1.165) is 6.42 Å². The van der Waals surface area contributed by atoms with Gasteiger partial charge in [0.2, 0.25) is 0 Å². The number of rotatable bonds is 1. The van der Waals surface area contributed by atoms with Crippen LogP contribution in [0.5, 0.6) is 0 Å². The molecule has 0 aromatic heterocycles. The van der Waals surface area contributed by atoms with Crippen molar-refractivity contribution in [3.05, 3.63) is 64.8 Å². The third-order valence-electron chi connectivity index (χ3n) is 4.85. The second-order valence-corrected chi connectivity index (χ2v) is 6.46. The minimum atomic E-state index is 0.153. The Hall–Kier alpha value is -1.56. The third-order valence-corrected chi connectivity index (χ3v) is 4.85. The van der Waals surface area contributed by atoms with Gasteiger partial charge in [-0.2, -0.15) is 0 Å². The maximum Gasteiger partial charge on any atom is 0.0123 e. The minimum absolute atomic E-state index is 0.153. The summed E-state index contributed by atoms with van der Waals surface area (Å²) in [4.78, 5) is 0. The highest BCUT2D eigenvalue weighted by molar-refractivity contribution is 5.92. The summed E-state index contributed by atoms with van der Waals surface area (Å²) in [6.07, 6.45) is 3.21. The molecule has 2 aliphatic rings. The first-order valence-corrected chi connectivity index (χ1v) is 7.15. The van der Waals surface area contributed by atoms with E-state index in [2.05, 4.69) is 64.6 Å². The molecule has 0 aliphatic heterocycles. The molecule has 1 aromatic rings. The second-order valence-electron chi connectivity index (χ2n) is 6.46. The number of fused-ring (bicyclic) bond motifs is 2. The molecule has 0 saturated heterocycles. The molecule has 0 spiro atoms. The topological polar surface area (TPSA) is 0 Å². The molecule has 0 saturated carbocycles. The molecule has 19 heavy (non-hydrogen) atoms. The zero-order valence-corrected chi connectivity index (χ0v) is 12.4. The molecule has 1 atom stereocenters. The summed E-state index contributed by atoms with van der Waals surface area (Å²) in [6, 6.07) is 8.87. The van der Waals surface area contributed by atoms with Gasteiger partial charge in [0.15, 0.2) is 0 Å². The van der Waals surface area contributed by atoms with Crippen LogP contribution in [0.4, 0.5) is 0 Å². The molecule has 3 rings (SSSR count). The van der Waals surface area contributed by atoms with Gasteiger partial charge in [-0.3, -0.25) is 0 Å². The molecular formula is C19H22. The van der Waals surface area contributed by atoms with Gasteiger partial charge in [0, 0.05) is 5.41 Å². The summed E-state index contributed by atoms with van der Waals surface area (Å²) in [5, 5.41) is 0. The smallest absolute Gasteiger partial charge is 0.0123 e. The largest absolute Gasteiger partial charge is 0.0984 e. The Morgan fingerprint density at radius 1 is 1.26 bits per heavy atom. The fraction of sp³-hybridized carbons (Fsp3) is 0.368. The molecule has 0 bridgehead atoms. The first-order chi connectivity index (χ1) is 8.98. The van der Waals surface area contributed by atoms with Gasteiger partial charge in [0.05, 0.1) is 0 Å². The lowest BCUT2D eigenvalue weighted by Crippen LogP contribution is -2.23. The van der Waals surface area contributed by atoms with E-state index in [9.17, 15) is 0 Å². The predicted octanol–water partition coefficient (Wildman–Crippen LogP) is 5.27. The van der Waals surface area contributed by atoms with Gasteiger partial charge in [-0.1, -0.05) is 63.3 Å². The van der Waals surface area contributed by atoms with E-state index < -0.39 is 0 Å². The van der Waals surface area contributed by atoms with Crippen LogP contribution in [-0.2, 0) is 5.41 Å². The lowest BCUT2D eigenvalue weighted by atomic mass is 9.71. The highest BCUT2D eigenvalue weighted by Gasteiger charge is 2.42. The Kier molecular flexibility index (Phi) is 2.60. The summed E-state index contributed by atoms with van der Waals surface area (Å²) < 4.78 is 0. The zero-order valence-electron chi connectivity index (χ0n) is 12.4. The van der Waals surface area contributed by atoms with Crippen LogP contribution in [0.1, 0.15) is 45.2 Å². The van der Waals surface area contributed by atoms with Gasteiger partial charge < -0.3 is 0 Å². The van der Waals surface area contributed by atoms with E-state index >= 15 is 0 Å².